The SMILES string of the molecule is Nc1ccc(F)cc1S(=O)(=O)N(Cc1cccs1)C1CC1. The zero-order chi connectivity index (χ0) is 15.0. The van der Waals surface area contributed by atoms with E-state index in [9.17, 15) is 12.8 Å². The molecule has 1 aromatic heterocycles. The molecule has 21 heavy (non-hydrogen) atoms. The zero-order valence-corrected chi connectivity index (χ0v) is 12.8. The summed E-state index contributed by atoms with van der Waals surface area (Å²) in [7, 11) is -3.79. The fourth-order valence-corrected chi connectivity index (χ4v) is 4.76. The van der Waals surface area contributed by atoms with Gasteiger partial charge in [-0.05, 0) is 42.5 Å². The number of anilines is 1. The van der Waals surface area contributed by atoms with Crippen LogP contribution in [0.25, 0.3) is 0 Å². The number of hydrogen-bond donors (Lipinski definition) is 1. The molecule has 0 aliphatic heterocycles. The second-order valence-corrected chi connectivity index (χ2v) is 7.93. The van der Waals surface area contributed by atoms with Crippen LogP contribution in [0.1, 0.15) is 17.7 Å². The van der Waals surface area contributed by atoms with Crippen molar-refractivity contribution in [2.24, 2.45) is 0 Å². The number of halogens is 1. The van der Waals surface area contributed by atoms with Gasteiger partial charge in [-0.3, -0.25) is 0 Å². The summed E-state index contributed by atoms with van der Waals surface area (Å²) in [6.07, 6.45) is 1.67. The first-order chi connectivity index (χ1) is 9.98. The van der Waals surface area contributed by atoms with E-state index in [-0.39, 0.29) is 16.6 Å². The predicted molar refractivity (Wildman–Crippen MR) is 80.9 cm³/mol. The highest BCUT2D eigenvalue weighted by Crippen LogP contribution is 2.35. The van der Waals surface area contributed by atoms with Crippen molar-refractivity contribution in [2.75, 3.05) is 5.73 Å². The topological polar surface area (TPSA) is 63.4 Å². The van der Waals surface area contributed by atoms with E-state index in [0.29, 0.717) is 6.54 Å². The fraction of sp³-hybridized carbons (Fsp3) is 0.286. The molecule has 3 rings (SSSR count). The number of thiophene rings is 1. The Balaban J connectivity index is 1.99. The van der Waals surface area contributed by atoms with Gasteiger partial charge in [-0.25, -0.2) is 12.8 Å². The van der Waals surface area contributed by atoms with Crippen LogP contribution in [0.3, 0.4) is 0 Å². The van der Waals surface area contributed by atoms with Crippen molar-refractivity contribution in [1.29, 1.82) is 0 Å². The van der Waals surface area contributed by atoms with Crippen molar-refractivity contribution in [2.45, 2.75) is 30.3 Å². The summed E-state index contributed by atoms with van der Waals surface area (Å²) in [6, 6.07) is 7.21. The molecule has 7 heteroatoms. The molecule has 0 amide bonds. The number of hydrogen-bond acceptors (Lipinski definition) is 4. The molecule has 0 saturated heterocycles. The molecule has 1 saturated carbocycles. The molecule has 0 atom stereocenters. The maximum absolute atomic E-state index is 13.4. The van der Waals surface area contributed by atoms with Crippen molar-refractivity contribution in [3.8, 4) is 0 Å². The lowest BCUT2D eigenvalue weighted by atomic mass is 10.3. The van der Waals surface area contributed by atoms with Gasteiger partial charge < -0.3 is 5.73 Å². The molecule has 0 spiro atoms. The molecular weight excluding hydrogens is 311 g/mol. The lowest BCUT2D eigenvalue weighted by Crippen LogP contribution is -2.33. The number of nitrogen functional groups attached to an aromatic ring is 1. The lowest BCUT2D eigenvalue weighted by molar-refractivity contribution is 0.401. The van der Waals surface area contributed by atoms with Crippen LogP contribution in [0, 0.1) is 5.82 Å². The second kappa shape index (κ2) is 5.40. The monoisotopic (exact) mass is 326 g/mol. The maximum atomic E-state index is 13.4. The summed E-state index contributed by atoms with van der Waals surface area (Å²) >= 11 is 1.50. The molecule has 4 nitrogen and oxygen atoms in total. The van der Waals surface area contributed by atoms with Gasteiger partial charge in [0.2, 0.25) is 10.0 Å². The quantitative estimate of drug-likeness (QED) is 0.859. The number of sulfonamides is 1. The first-order valence-corrected chi connectivity index (χ1v) is 8.90. The molecule has 2 aromatic rings. The van der Waals surface area contributed by atoms with Gasteiger partial charge >= 0.3 is 0 Å². The Morgan fingerprint density at radius 1 is 1.33 bits per heavy atom. The normalized spacial score (nSPS) is 15.5. The van der Waals surface area contributed by atoms with Crippen LogP contribution in [0.4, 0.5) is 10.1 Å². The minimum Gasteiger partial charge on any atom is -0.398 e. The van der Waals surface area contributed by atoms with Crippen LogP contribution >= 0.6 is 11.3 Å². The van der Waals surface area contributed by atoms with Crippen molar-refractivity contribution in [3.63, 3.8) is 0 Å². The van der Waals surface area contributed by atoms with E-state index in [2.05, 4.69) is 0 Å². The fourth-order valence-electron chi connectivity index (χ4n) is 2.19. The van der Waals surface area contributed by atoms with Gasteiger partial charge in [0.1, 0.15) is 10.7 Å². The molecule has 1 fully saturated rings. The van der Waals surface area contributed by atoms with Gasteiger partial charge in [0.15, 0.2) is 0 Å². The van der Waals surface area contributed by atoms with Crippen molar-refractivity contribution >= 4 is 27.0 Å². The highest BCUT2D eigenvalue weighted by Gasteiger charge is 2.39. The second-order valence-electron chi connectivity index (χ2n) is 5.04. The third-order valence-corrected chi connectivity index (χ3v) is 6.22. The summed E-state index contributed by atoms with van der Waals surface area (Å²) < 4.78 is 40.4. The number of rotatable bonds is 5. The van der Waals surface area contributed by atoms with Crippen LogP contribution in [0.2, 0.25) is 0 Å². The Morgan fingerprint density at radius 3 is 2.71 bits per heavy atom. The average Bonchev–Trinajstić information content (AvgIpc) is 3.14. The molecule has 0 bridgehead atoms. The highest BCUT2D eigenvalue weighted by atomic mass is 32.2. The van der Waals surface area contributed by atoms with Crippen LogP contribution in [-0.4, -0.2) is 18.8 Å². The van der Waals surface area contributed by atoms with E-state index in [1.54, 1.807) is 0 Å². The van der Waals surface area contributed by atoms with Gasteiger partial charge in [0, 0.05) is 17.5 Å². The molecule has 0 radical (unpaired) electrons. The third kappa shape index (κ3) is 2.95. The number of nitrogens with two attached hydrogens (primary N) is 1. The number of benzene rings is 1. The Labute approximate surface area is 127 Å². The predicted octanol–water partition coefficient (Wildman–Crippen LogP) is 2.82. The Morgan fingerprint density at radius 2 is 2.10 bits per heavy atom. The van der Waals surface area contributed by atoms with E-state index in [4.69, 9.17) is 5.73 Å². The van der Waals surface area contributed by atoms with Gasteiger partial charge in [-0.15, -0.1) is 11.3 Å². The Bertz CT molecular complexity index is 740. The van der Waals surface area contributed by atoms with Crippen LogP contribution in [0.15, 0.2) is 40.6 Å². The largest absolute Gasteiger partial charge is 0.398 e. The number of nitrogens with zero attached hydrogens (tertiary/aromatic N) is 1. The molecule has 1 heterocycles. The zero-order valence-electron chi connectivity index (χ0n) is 11.2. The van der Waals surface area contributed by atoms with Gasteiger partial charge in [-0.2, -0.15) is 4.31 Å². The first-order valence-electron chi connectivity index (χ1n) is 6.58. The summed E-state index contributed by atoms with van der Waals surface area (Å²) in [4.78, 5) is 0.811. The summed E-state index contributed by atoms with van der Waals surface area (Å²) in [5.41, 5.74) is 5.81. The molecule has 1 aliphatic carbocycles. The van der Waals surface area contributed by atoms with E-state index in [1.165, 1.54) is 21.7 Å². The Hall–Kier alpha value is -1.44. The first kappa shape index (κ1) is 14.5. The van der Waals surface area contributed by atoms with Gasteiger partial charge in [-0.1, -0.05) is 6.07 Å². The molecule has 2 N–H and O–H groups in total. The smallest absolute Gasteiger partial charge is 0.245 e. The lowest BCUT2D eigenvalue weighted by Gasteiger charge is -2.22. The summed E-state index contributed by atoms with van der Waals surface area (Å²) in [5, 5.41) is 1.91. The van der Waals surface area contributed by atoms with Crippen LogP contribution in [-0.2, 0) is 16.6 Å². The van der Waals surface area contributed by atoms with E-state index in [1.807, 2.05) is 17.5 Å². The van der Waals surface area contributed by atoms with Crippen molar-refractivity contribution in [1.82, 2.24) is 4.31 Å². The highest BCUT2D eigenvalue weighted by molar-refractivity contribution is 7.89. The van der Waals surface area contributed by atoms with E-state index >= 15 is 0 Å². The minimum absolute atomic E-state index is 0.0141. The molecule has 1 aliphatic rings. The Kier molecular flexibility index (Phi) is 3.73. The molecular formula is C14H15FN2O2S2. The van der Waals surface area contributed by atoms with Gasteiger partial charge in [0.25, 0.3) is 0 Å². The molecule has 0 unspecified atom stereocenters. The van der Waals surface area contributed by atoms with Crippen molar-refractivity contribution < 1.29 is 12.8 Å². The minimum atomic E-state index is -3.79. The third-order valence-electron chi connectivity index (χ3n) is 3.41. The molecule has 1 aromatic carbocycles. The summed E-state index contributed by atoms with van der Waals surface area (Å²) in [5.74, 6) is -0.602. The van der Waals surface area contributed by atoms with Crippen LogP contribution in [0.5, 0.6) is 0 Å². The average molecular weight is 326 g/mol. The van der Waals surface area contributed by atoms with Crippen molar-refractivity contribution in [3.05, 3.63) is 46.4 Å². The molecule has 112 valence electrons. The van der Waals surface area contributed by atoms with Crippen LogP contribution < -0.4 is 5.73 Å². The maximum Gasteiger partial charge on any atom is 0.245 e. The van der Waals surface area contributed by atoms with E-state index in [0.717, 1.165) is 29.9 Å². The van der Waals surface area contributed by atoms with E-state index < -0.39 is 15.8 Å². The standard InChI is InChI=1S/C14H15FN2O2S2/c15-10-3-6-13(16)14(8-10)21(18,19)17(11-4-5-11)9-12-2-1-7-20-12/h1-3,6-8,11H,4-5,9,16H2. The van der Waals surface area contributed by atoms with Gasteiger partial charge in [0.05, 0.1) is 5.69 Å². The summed E-state index contributed by atoms with van der Waals surface area (Å²) in [6.45, 7) is 0.306.